The molecule has 6 heteroatoms. The summed E-state index contributed by atoms with van der Waals surface area (Å²) in [6.07, 6.45) is 3.69. The first-order chi connectivity index (χ1) is 8.61. The normalized spacial score (nSPS) is 17.4. The van der Waals surface area contributed by atoms with E-state index < -0.39 is 11.5 Å². The molecule has 0 aromatic carbocycles. The number of aliphatic carboxylic acids is 1. The number of carbonyl (C=O) groups is 1. The lowest BCUT2D eigenvalue weighted by atomic mass is 9.77. The van der Waals surface area contributed by atoms with Crippen molar-refractivity contribution in [2.24, 2.45) is 0 Å². The quantitative estimate of drug-likeness (QED) is 0.857. The van der Waals surface area contributed by atoms with Crippen LogP contribution in [0.25, 0.3) is 5.65 Å². The molecule has 1 saturated carbocycles. The summed E-state index contributed by atoms with van der Waals surface area (Å²) in [7, 11) is 0. The highest BCUT2D eigenvalue weighted by Crippen LogP contribution is 2.35. The maximum absolute atomic E-state index is 11.4. The molecule has 6 nitrogen and oxygen atoms in total. The SMILES string of the molecule is Cc1cc(NC2(C(=O)O)CCC2)n2ncnc2c1. The van der Waals surface area contributed by atoms with Crippen LogP contribution in [0.5, 0.6) is 0 Å². The molecule has 1 fully saturated rings. The van der Waals surface area contributed by atoms with Crippen LogP contribution in [0.1, 0.15) is 24.8 Å². The Morgan fingerprint density at radius 1 is 1.50 bits per heavy atom. The van der Waals surface area contributed by atoms with E-state index in [1.807, 2.05) is 19.1 Å². The predicted molar refractivity (Wildman–Crippen MR) is 65.6 cm³/mol. The van der Waals surface area contributed by atoms with E-state index in [0.29, 0.717) is 18.7 Å². The molecule has 0 radical (unpaired) electrons. The third-order valence-electron chi connectivity index (χ3n) is 3.51. The van der Waals surface area contributed by atoms with E-state index in [9.17, 15) is 9.90 Å². The minimum Gasteiger partial charge on any atom is -0.480 e. The average molecular weight is 246 g/mol. The molecular formula is C12H14N4O2. The number of rotatable bonds is 3. The second-order valence-corrected chi connectivity index (χ2v) is 4.81. The van der Waals surface area contributed by atoms with Gasteiger partial charge in [0.15, 0.2) is 5.65 Å². The van der Waals surface area contributed by atoms with Crippen LogP contribution in [0.2, 0.25) is 0 Å². The van der Waals surface area contributed by atoms with Gasteiger partial charge in [-0.15, -0.1) is 0 Å². The second-order valence-electron chi connectivity index (χ2n) is 4.81. The van der Waals surface area contributed by atoms with Crippen molar-refractivity contribution >= 4 is 17.4 Å². The van der Waals surface area contributed by atoms with Gasteiger partial charge in [-0.05, 0) is 43.9 Å². The smallest absolute Gasteiger partial charge is 0.329 e. The molecule has 0 amide bonds. The molecule has 1 aliphatic carbocycles. The second kappa shape index (κ2) is 3.69. The number of carboxylic acids is 1. The summed E-state index contributed by atoms with van der Waals surface area (Å²) < 4.78 is 1.63. The van der Waals surface area contributed by atoms with Gasteiger partial charge in [-0.2, -0.15) is 9.61 Å². The molecule has 2 aromatic heterocycles. The van der Waals surface area contributed by atoms with E-state index in [4.69, 9.17) is 0 Å². The average Bonchev–Trinajstić information content (AvgIpc) is 2.70. The van der Waals surface area contributed by atoms with Crippen molar-refractivity contribution < 1.29 is 9.90 Å². The Morgan fingerprint density at radius 3 is 2.89 bits per heavy atom. The van der Waals surface area contributed by atoms with Gasteiger partial charge < -0.3 is 10.4 Å². The van der Waals surface area contributed by atoms with Crippen molar-refractivity contribution in [2.75, 3.05) is 5.32 Å². The summed E-state index contributed by atoms with van der Waals surface area (Å²) in [6.45, 7) is 1.95. The van der Waals surface area contributed by atoms with E-state index in [0.717, 1.165) is 17.6 Å². The standard InChI is InChI=1S/C12H14N4O2/c1-8-5-9-13-7-14-16(9)10(6-8)15-12(11(17)18)3-2-4-12/h5-7,15H,2-4H2,1H3,(H,17,18). The molecule has 3 rings (SSSR count). The molecule has 0 aliphatic heterocycles. The van der Waals surface area contributed by atoms with Crippen molar-refractivity contribution in [1.29, 1.82) is 0 Å². The lowest BCUT2D eigenvalue weighted by Crippen LogP contribution is -2.52. The van der Waals surface area contributed by atoms with Crippen LogP contribution in [0.15, 0.2) is 18.5 Å². The van der Waals surface area contributed by atoms with Gasteiger partial charge in [0.2, 0.25) is 0 Å². The van der Waals surface area contributed by atoms with E-state index in [-0.39, 0.29) is 0 Å². The number of anilines is 1. The number of fused-ring (bicyclic) bond motifs is 1. The molecule has 0 unspecified atom stereocenters. The van der Waals surface area contributed by atoms with E-state index >= 15 is 0 Å². The van der Waals surface area contributed by atoms with Gasteiger partial charge in [0, 0.05) is 0 Å². The van der Waals surface area contributed by atoms with Crippen LogP contribution in [0.3, 0.4) is 0 Å². The van der Waals surface area contributed by atoms with Gasteiger partial charge in [-0.3, -0.25) is 0 Å². The van der Waals surface area contributed by atoms with Gasteiger partial charge in [-0.1, -0.05) is 0 Å². The first kappa shape index (κ1) is 11.0. The van der Waals surface area contributed by atoms with Crippen LogP contribution in [0.4, 0.5) is 5.82 Å². The summed E-state index contributed by atoms with van der Waals surface area (Å²) in [6, 6.07) is 3.80. The molecule has 0 saturated heterocycles. The van der Waals surface area contributed by atoms with Crippen molar-refractivity contribution in [2.45, 2.75) is 31.7 Å². The zero-order valence-corrected chi connectivity index (χ0v) is 10.1. The molecule has 94 valence electrons. The first-order valence-electron chi connectivity index (χ1n) is 5.93. The summed E-state index contributed by atoms with van der Waals surface area (Å²) in [5, 5.41) is 16.6. The molecule has 1 aliphatic rings. The Bertz CT molecular complexity index is 616. The van der Waals surface area contributed by atoms with Gasteiger partial charge in [0.25, 0.3) is 0 Å². The molecular weight excluding hydrogens is 232 g/mol. The summed E-state index contributed by atoms with van der Waals surface area (Å²) in [4.78, 5) is 15.5. The number of nitrogens with zero attached hydrogens (tertiary/aromatic N) is 3. The molecule has 18 heavy (non-hydrogen) atoms. The fourth-order valence-corrected chi connectivity index (χ4v) is 2.31. The zero-order chi connectivity index (χ0) is 12.8. The largest absolute Gasteiger partial charge is 0.480 e. The predicted octanol–water partition coefficient (Wildman–Crippen LogP) is 1.46. The first-order valence-corrected chi connectivity index (χ1v) is 5.93. The fourth-order valence-electron chi connectivity index (χ4n) is 2.31. The minimum absolute atomic E-state index is 0.645. The van der Waals surface area contributed by atoms with Gasteiger partial charge in [0.1, 0.15) is 17.7 Å². The third kappa shape index (κ3) is 1.53. The lowest BCUT2D eigenvalue weighted by molar-refractivity contribution is -0.145. The van der Waals surface area contributed by atoms with Crippen LogP contribution in [-0.2, 0) is 4.79 Å². The van der Waals surface area contributed by atoms with Gasteiger partial charge in [0.05, 0.1) is 0 Å². The van der Waals surface area contributed by atoms with Gasteiger partial charge in [-0.25, -0.2) is 9.78 Å². The number of pyridine rings is 1. The van der Waals surface area contributed by atoms with Crippen molar-refractivity contribution in [3.63, 3.8) is 0 Å². The number of carboxylic acid groups (broad SMARTS) is 1. The zero-order valence-electron chi connectivity index (χ0n) is 10.1. The van der Waals surface area contributed by atoms with Crippen LogP contribution >= 0.6 is 0 Å². The van der Waals surface area contributed by atoms with Crippen LogP contribution in [-0.4, -0.2) is 31.2 Å². The number of nitrogens with one attached hydrogen (secondary N) is 1. The highest BCUT2D eigenvalue weighted by Gasteiger charge is 2.44. The Labute approximate surface area is 104 Å². The maximum Gasteiger partial charge on any atom is 0.329 e. The Hall–Kier alpha value is -2.11. The minimum atomic E-state index is -0.841. The van der Waals surface area contributed by atoms with Crippen molar-refractivity contribution in [1.82, 2.24) is 14.6 Å². The summed E-state index contributed by atoms with van der Waals surface area (Å²) in [5.74, 6) is -0.117. The molecule has 2 N–H and O–H groups in total. The van der Waals surface area contributed by atoms with Gasteiger partial charge >= 0.3 is 5.97 Å². The Morgan fingerprint density at radius 2 is 2.28 bits per heavy atom. The number of aromatic nitrogens is 3. The molecule has 2 heterocycles. The monoisotopic (exact) mass is 246 g/mol. The number of aryl methyl sites for hydroxylation is 1. The van der Waals surface area contributed by atoms with E-state index in [1.54, 1.807) is 4.52 Å². The molecule has 0 bridgehead atoms. The summed E-state index contributed by atoms with van der Waals surface area (Å²) >= 11 is 0. The van der Waals surface area contributed by atoms with Crippen LogP contribution in [0, 0.1) is 6.92 Å². The van der Waals surface area contributed by atoms with Crippen molar-refractivity contribution in [3.05, 3.63) is 24.0 Å². The maximum atomic E-state index is 11.4. The fraction of sp³-hybridized carbons (Fsp3) is 0.417. The highest BCUT2D eigenvalue weighted by molar-refractivity contribution is 5.83. The molecule has 0 spiro atoms. The third-order valence-corrected chi connectivity index (χ3v) is 3.51. The topological polar surface area (TPSA) is 79.5 Å². The van der Waals surface area contributed by atoms with Crippen molar-refractivity contribution in [3.8, 4) is 0 Å². The summed E-state index contributed by atoms with van der Waals surface area (Å²) in [5.41, 5.74) is 0.905. The highest BCUT2D eigenvalue weighted by atomic mass is 16.4. The Balaban J connectivity index is 2.04. The van der Waals surface area contributed by atoms with Crippen LogP contribution < -0.4 is 5.32 Å². The van der Waals surface area contributed by atoms with E-state index in [2.05, 4.69) is 15.4 Å². The lowest BCUT2D eigenvalue weighted by Gasteiger charge is -2.39. The number of hydrogen-bond donors (Lipinski definition) is 2. The molecule has 2 aromatic rings. The molecule has 0 atom stereocenters. The number of hydrogen-bond acceptors (Lipinski definition) is 4. The van der Waals surface area contributed by atoms with E-state index in [1.165, 1.54) is 6.33 Å². The Kier molecular flexibility index (Phi) is 2.26.